The molecule has 17 heavy (non-hydrogen) atoms. The summed E-state index contributed by atoms with van der Waals surface area (Å²) < 4.78 is 37.0. The molecule has 0 amide bonds. The molecule has 1 N–H and O–H groups in total. The van der Waals surface area contributed by atoms with E-state index in [1.807, 2.05) is 20.8 Å². The second kappa shape index (κ2) is 5.05. The third kappa shape index (κ3) is 5.18. The van der Waals surface area contributed by atoms with Crippen molar-refractivity contribution < 1.29 is 18.0 Å². The van der Waals surface area contributed by atoms with Crippen molar-refractivity contribution in [3.05, 3.63) is 18.0 Å². The molecule has 0 aliphatic heterocycles. The van der Waals surface area contributed by atoms with E-state index in [-0.39, 0.29) is 12.1 Å². The van der Waals surface area contributed by atoms with Crippen molar-refractivity contribution in [2.24, 2.45) is 0 Å². The molecule has 1 heterocycles. The van der Waals surface area contributed by atoms with Gasteiger partial charge in [-0.2, -0.15) is 23.8 Å². The zero-order chi connectivity index (χ0) is 13.1. The summed E-state index contributed by atoms with van der Waals surface area (Å²) in [6.07, 6.45) is -0.957. The van der Waals surface area contributed by atoms with Gasteiger partial charge in [-0.1, -0.05) is 0 Å². The van der Waals surface area contributed by atoms with Gasteiger partial charge in [0.05, 0.1) is 11.7 Å². The van der Waals surface area contributed by atoms with Gasteiger partial charge in [0.25, 0.3) is 0 Å². The number of nitrogens with zero attached hydrogens (tertiary/aromatic N) is 2. The Bertz CT molecular complexity index is 354. The summed E-state index contributed by atoms with van der Waals surface area (Å²) >= 11 is 0. The van der Waals surface area contributed by atoms with E-state index in [1.165, 1.54) is 0 Å². The molecule has 1 rings (SSSR count). The zero-order valence-corrected chi connectivity index (χ0v) is 10.0. The van der Waals surface area contributed by atoms with E-state index in [2.05, 4.69) is 15.4 Å². The Kier molecular flexibility index (Phi) is 4.16. The predicted octanol–water partition coefficient (Wildman–Crippen LogP) is 2.22. The van der Waals surface area contributed by atoms with Crippen molar-refractivity contribution in [3.63, 3.8) is 0 Å². The van der Waals surface area contributed by atoms with E-state index >= 15 is 0 Å². The molecular weight excluding hydrogens is 235 g/mol. The fourth-order valence-electron chi connectivity index (χ4n) is 1.09. The minimum absolute atomic E-state index is 0.148. The number of hydrogen-bond donors (Lipinski definition) is 1. The van der Waals surface area contributed by atoms with E-state index in [0.717, 1.165) is 5.56 Å². The van der Waals surface area contributed by atoms with Crippen molar-refractivity contribution >= 4 is 0 Å². The summed E-state index contributed by atoms with van der Waals surface area (Å²) in [5.74, 6) is 0. The lowest BCUT2D eigenvalue weighted by atomic mass is 10.1. The molecule has 0 aliphatic carbocycles. The van der Waals surface area contributed by atoms with Gasteiger partial charge in [0, 0.05) is 18.3 Å². The summed E-state index contributed by atoms with van der Waals surface area (Å²) in [6.45, 7) is 4.83. The molecule has 0 saturated heterocycles. The fourth-order valence-corrected chi connectivity index (χ4v) is 1.09. The summed E-state index contributed by atoms with van der Waals surface area (Å²) in [5, 5.41) is 4.11. The standard InChI is InChI=1S/C10H16F3N3O/c1-9(2,3)16-6-8(4-14-16)5-15-17-7-10(11,12)13/h4,6,15H,5,7H2,1-3H3. The zero-order valence-electron chi connectivity index (χ0n) is 10.0. The van der Waals surface area contributed by atoms with Crippen LogP contribution in [0.5, 0.6) is 0 Å². The van der Waals surface area contributed by atoms with Crippen LogP contribution < -0.4 is 5.48 Å². The van der Waals surface area contributed by atoms with Crippen LogP contribution in [0.25, 0.3) is 0 Å². The molecule has 0 aliphatic rings. The molecule has 0 saturated carbocycles. The second-order valence-corrected chi connectivity index (χ2v) is 4.69. The Morgan fingerprint density at radius 1 is 1.35 bits per heavy atom. The van der Waals surface area contributed by atoms with Crippen LogP contribution in [0.1, 0.15) is 26.3 Å². The largest absolute Gasteiger partial charge is 0.413 e. The summed E-state index contributed by atoms with van der Waals surface area (Å²) in [7, 11) is 0. The van der Waals surface area contributed by atoms with Crippen LogP contribution in [-0.4, -0.2) is 22.6 Å². The topological polar surface area (TPSA) is 39.1 Å². The van der Waals surface area contributed by atoms with Crippen LogP contribution in [0, 0.1) is 0 Å². The first-order chi connectivity index (χ1) is 7.68. The van der Waals surface area contributed by atoms with Crippen molar-refractivity contribution in [2.45, 2.75) is 39.0 Å². The maximum atomic E-state index is 11.8. The van der Waals surface area contributed by atoms with Gasteiger partial charge in [-0.3, -0.25) is 9.52 Å². The van der Waals surface area contributed by atoms with Gasteiger partial charge in [-0.25, -0.2) is 0 Å². The first-order valence-electron chi connectivity index (χ1n) is 5.14. The maximum Gasteiger partial charge on any atom is 0.413 e. The number of rotatable bonds is 4. The molecule has 1 aromatic rings. The molecule has 0 fully saturated rings. The average molecular weight is 251 g/mol. The normalized spacial score (nSPS) is 13.1. The lowest BCUT2D eigenvalue weighted by molar-refractivity contribution is -0.190. The minimum Gasteiger partial charge on any atom is -0.292 e. The first kappa shape index (κ1) is 14.0. The third-order valence-electron chi connectivity index (χ3n) is 1.94. The van der Waals surface area contributed by atoms with Crippen LogP contribution in [0.3, 0.4) is 0 Å². The molecule has 0 radical (unpaired) electrons. The van der Waals surface area contributed by atoms with Crippen LogP contribution in [0.15, 0.2) is 12.4 Å². The predicted molar refractivity (Wildman–Crippen MR) is 56.1 cm³/mol. The van der Waals surface area contributed by atoms with Crippen molar-refractivity contribution in [1.29, 1.82) is 0 Å². The molecule has 0 spiro atoms. The molecule has 1 aromatic heterocycles. The highest BCUT2D eigenvalue weighted by Crippen LogP contribution is 2.14. The van der Waals surface area contributed by atoms with E-state index in [9.17, 15) is 13.2 Å². The first-order valence-corrected chi connectivity index (χ1v) is 5.14. The van der Waals surface area contributed by atoms with E-state index < -0.39 is 12.8 Å². The molecular formula is C10H16F3N3O. The lowest BCUT2D eigenvalue weighted by Gasteiger charge is -2.18. The number of nitrogens with one attached hydrogen (secondary N) is 1. The Balaban J connectivity index is 2.36. The van der Waals surface area contributed by atoms with Crippen LogP contribution >= 0.6 is 0 Å². The number of hydrogen-bond acceptors (Lipinski definition) is 3. The van der Waals surface area contributed by atoms with Gasteiger partial charge in [0.15, 0.2) is 6.61 Å². The van der Waals surface area contributed by atoms with Gasteiger partial charge in [-0.15, -0.1) is 0 Å². The summed E-state index contributed by atoms with van der Waals surface area (Å²) in [6, 6.07) is 0. The molecule has 0 unspecified atom stereocenters. The number of alkyl halides is 3. The quantitative estimate of drug-likeness (QED) is 0.658. The third-order valence-corrected chi connectivity index (χ3v) is 1.94. The van der Waals surface area contributed by atoms with Gasteiger partial charge >= 0.3 is 6.18 Å². The maximum absolute atomic E-state index is 11.8. The van der Waals surface area contributed by atoms with Gasteiger partial charge in [-0.05, 0) is 20.8 Å². The Morgan fingerprint density at radius 2 is 2.00 bits per heavy atom. The Labute approximate surface area is 97.7 Å². The number of hydroxylamine groups is 1. The Morgan fingerprint density at radius 3 is 2.47 bits per heavy atom. The van der Waals surface area contributed by atoms with Gasteiger partial charge < -0.3 is 0 Å². The number of halogens is 3. The van der Waals surface area contributed by atoms with Crippen LogP contribution in [0.2, 0.25) is 0 Å². The average Bonchev–Trinajstić information content (AvgIpc) is 2.58. The van der Waals surface area contributed by atoms with Crippen molar-refractivity contribution in [1.82, 2.24) is 15.3 Å². The summed E-state index contributed by atoms with van der Waals surface area (Å²) in [5.41, 5.74) is 2.87. The SMILES string of the molecule is CC(C)(C)n1cc(CNOCC(F)(F)F)cn1. The van der Waals surface area contributed by atoms with Gasteiger partial charge in [0.1, 0.15) is 0 Å². The molecule has 4 nitrogen and oxygen atoms in total. The molecule has 98 valence electrons. The summed E-state index contributed by atoms with van der Waals surface area (Å²) in [4.78, 5) is 4.28. The Hall–Kier alpha value is -1.08. The molecule has 0 bridgehead atoms. The number of aromatic nitrogens is 2. The minimum atomic E-state index is -4.32. The van der Waals surface area contributed by atoms with Crippen molar-refractivity contribution in [3.8, 4) is 0 Å². The molecule has 0 aromatic carbocycles. The highest BCUT2D eigenvalue weighted by molar-refractivity contribution is 5.04. The monoisotopic (exact) mass is 251 g/mol. The molecule has 0 atom stereocenters. The van der Waals surface area contributed by atoms with Crippen LogP contribution in [0.4, 0.5) is 13.2 Å². The fraction of sp³-hybridized carbons (Fsp3) is 0.700. The lowest BCUT2D eigenvalue weighted by Crippen LogP contribution is -2.24. The van der Waals surface area contributed by atoms with E-state index in [0.29, 0.717) is 0 Å². The van der Waals surface area contributed by atoms with Crippen LogP contribution in [-0.2, 0) is 16.9 Å². The van der Waals surface area contributed by atoms with E-state index in [1.54, 1.807) is 17.1 Å². The van der Waals surface area contributed by atoms with E-state index in [4.69, 9.17) is 0 Å². The van der Waals surface area contributed by atoms with Gasteiger partial charge in [0.2, 0.25) is 0 Å². The van der Waals surface area contributed by atoms with Crippen molar-refractivity contribution in [2.75, 3.05) is 6.61 Å². The highest BCUT2D eigenvalue weighted by atomic mass is 19.4. The highest BCUT2D eigenvalue weighted by Gasteiger charge is 2.27. The molecule has 7 heteroatoms. The smallest absolute Gasteiger partial charge is 0.292 e. The second-order valence-electron chi connectivity index (χ2n) is 4.69.